The molecule has 0 N–H and O–H groups in total. The number of thiophene rings is 1. The SMILES string of the molecule is CCCCCCCN(CCC)S(=O)(=O)c1sccc1C. The molecular formula is C15H27NO2S2. The second-order valence-electron chi connectivity index (χ2n) is 5.21. The zero-order valence-corrected chi connectivity index (χ0v) is 14.5. The van der Waals surface area contributed by atoms with Crippen LogP contribution in [0.1, 0.15) is 57.9 Å². The van der Waals surface area contributed by atoms with Crippen molar-refractivity contribution in [2.75, 3.05) is 13.1 Å². The van der Waals surface area contributed by atoms with E-state index in [1.54, 1.807) is 4.31 Å². The Morgan fingerprint density at radius 1 is 1.05 bits per heavy atom. The standard InChI is InChI=1S/C15H27NO2S2/c1-4-6-7-8-9-12-16(11-5-2)20(17,18)15-14(3)10-13-19-15/h10,13H,4-9,11-12H2,1-3H3. The van der Waals surface area contributed by atoms with E-state index in [0.717, 1.165) is 24.8 Å². The van der Waals surface area contributed by atoms with Gasteiger partial charge in [-0.2, -0.15) is 4.31 Å². The lowest BCUT2D eigenvalue weighted by molar-refractivity contribution is 0.397. The third-order valence-electron chi connectivity index (χ3n) is 3.37. The molecule has 0 aliphatic rings. The molecule has 1 rings (SSSR count). The smallest absolute Gasteiger partial charge is 0.206 e. The summed E-state index contributed by atoms with van der Waals surface area (Å²) < 4.78 is 27.5. The highest BCUT2D eigenvalue weighted by molar-refractivity contribution is 7.91. The molecule has 3 nitrogen and oxygen atoms in total. The maximum Gasteiger partial charge on any atom is 0.252 e. The fourth-order valence-electron chi connectivity index (χ4n) is 2.23. The molecule has 0 amide bonds. The van der Waals surface area contributed by atoms with Crippen molar-refractivity contribution in [1.29, 1.82) is 0 Å². The first-order chi connectivity index (χ1) is 9.54. The molecule has 20 heavy (non-hydrogen) atoms. The number of rotatable bonds is 10. The minimum atomic E-state index is -3.29. The molecule has 0 saturated heterocycles. The number of unbranched alkanes of at least 4 members (excludes halogenated alkanes) is 4. The average molecular weight is 318 g/mol. The van der Waals surface area contributed by atoms with E-state index in [1.165, 1.54) is 30.6 Å². The molecule has 1 aromatic rings. The summed E-state index contributed by atoms with van der Waals surface area (Å²) in [6.45, 7) is 7.35. The predicted molar refractivity (Wildman–Crippen MR) is 86.9 cm³/mol. The summed E-state index contributed by atoms with van der Waals surface area (Å²) in [5, 5.41) is 1.85. The number of hydrogen-bond donors (Lipinski definition) is 0. The maximum absolute atomic E-state index is 12.7. The van der Waals surface area contributed by atoms with Gasteiger partial charge in [0.2, 0.25) is 0 Å². The van der Waals surface area contributed by atoms with Gasteiger partial charge in [0.05, 0.1) is 0 Å². The molecular weight excluding hydrogens is 290 g/mol. The molecule has 0 aliphatic heterocycles. The zero-order valence-electron chi connectivity index (χ0n) is 12.9. The van der Waals surface area contributed by atoms with Crippen molar-refractivity contribution >= 4 is 21.4 Å². The van der Waals surface area contributed by atoms with Gasteiger partial charge in [0, 0.05) is 13.1 Å². The van der Waals surface area contributed by atoms with Gasteiger partial charge in [-0.1, -0.05) is 39.5 Å². The van der Waals surface area contributed by atoms with Crippen LogP contribution in [0.25, 0.3) is 0 Å². The summed E-state index contributed by atoms with van der Waals surface area (Å²) in [7, 11) is -3.29. The Labute approximate surface area is 128 Å². The third kappa shape index (κ3) is 4.86. The topological polar surface area (TPSA) is 37.4 Å². The largest absolute Gasteiger partial charge is 0.252 e. The molecule has 0 atom stereocenters. The van der Waals surface area contributed by atoms with Gasteiger partial charge < -0.3 is 0 Å². The van der Waals surface area contributed by atoms with Crippen LogP contribution in [0, 0.1) is 6.92 Å². The van der Waals surface area contributed by atoms with Crippen LogP contribution in [-0.4, -0.2) is 25.8 Å². The van der Waals surface area contributed by atoms with Crippen LogP contribution < -0.4 is 0 Å². The molecule has 116 valence electrons. The average Bonchev–Trinajstić information content (AvgIpc) is 2.84. The quantitative estimate of drug-likeness (QED) is 0.599. The second-order valence-corrected chi connectivity index (χ2v) is 8.26. The maximum atomic E-state index is 12.7. The summed E-state index contributed by atoms with van der Waals surface area (Å²) in [6.07, 6.45) is 6.60. The Morgan fingerprint density at radius 3 is 2.30 bits per heavy atom. The highest BCUT2D eigenvalue weighted by atomic mass is 32.2. The van der Waals surface area contributed by atoms with E-state index in [2.05, 4.69) is 6.92 Å². The molecule has 0 aromatic carbocycles. The van der Waals surface area contributed by atoms with Crippen molar-refractivity contribution in [3.63, 3.8) is 0 Å². The predicted octanol–water partition coefficient (Wildman–Crippen LogP) is 4.43. The second kappa shape index (κ2) is 8.80. The minimum Gasteiger partial charge on any atom is -0.206 e. The zero-order chi connectivity index (χ0) is 15.0. The summed E-state index contributed by atoms with van der Waals surface area (Å²) in [6, 6.07) is 1.88. The van der Waals surface area contributed by atoms with Crippen LogP contribution in [0.5, 0.6) is 0 Å². The Kier molecular flexibility index (Phi) is 7.77. The molecule has 5 heteroatoms. The monoisotopic (exact) mass is 317 g/mol. The van der Waals surface area contributed by atoms with Gasteiger partial charge in [-0.3, -0.25) is 0 Å². The van der Waals surface area contributed by atoms with Crippen molar-refractivity contribution in [3.8, 4) is 0 Å². The van der Waals surface area contributed by atoms with Crippen LogP contribution in [0.2, 0.25) is 0 Å². The molecule has 0 aliphatic carbocycles. The van der Waals surface area contributed by atoms with E-state index in [9.17, 15) is 8.42 Å². The summed E-state index contributed by atoms with van der Waals surface area (Å²) in [5.41, 5.74) is 0.863. The van der Waals surface area contributed by atoms with Crippen LogP contribution in [0.15, 0.2) is 15.7 Å². The van der Waals surface area contributed by atoms with Gasteiger partial charge in [0.1, 0.15) is 4.21 Å². The Bertz CT molecular complexity index is 480. The Balaban J connectivity index is 2.67. The summed E-state index contributed by atoms with van der Waals surface area (Å²) >= 11 is 1.33. The van der Waals surface area contributed by atoms with E-state index >= 15 is 0 Å². The fourth-order valence-corrected chi connectivity index (χ4v) is 5.35. The summed E-state index contributed by atoms with van der Waals surface area (Å²) in [5.74, 6) is 0. The first kappa shape index (κ1) is 17.7. The molecule has 0 radical (unpaired) electrons. The van der Waals surface area contributed by atoms with E-state index in [4.69, 9.17) is 0 Å². The number of sulfonamides is 1. The van der Waals surface area contributed by atoms with E-state index in [0.29, 0.717) is 17.3 Å². The Morgan fingerprint density at radius 2 is 1.75 bits per heavy atom. The lowest BCUT2D eigenvalue weighted by Gasteiger charge is -2.21. The molecule has 0 fully saturated rings. The highest BCUT2D eigenvalue weighted by Crippen LogP contribution is 2.26. The molecule has 0 unspecified atom stereocenters. The van der Waals surface area contributed by atoms with Crippen molar-refractivity contribution in [1.82, 2.24) is 4.31 Å². The van der Waals surface area contributed by atoms with E-state index < -0.39 is 10.0 Å². The minimum absolute atomic E-state index is 0.513. The number of nitrogens with zero attached hydrogens (tertiary/aromatic N) is 1. The van der Waals surface area contributed by atoms with Crippen molar-refractivity contribution < 1.29 is 8.42 Å². The van der Waals surface area contributed by atoms with Gasteiger partial charge in [-0.25, -0.2) is 8.42 Å². The highest BCUT2D eigenvalue weighted by Gasteiger charge is 2.25. The first-order valence-electron chi connectivity index (χ1n) is 7.58. The van der Waals surface area contributed by atoms with E-state index in [-0.39, 0.29) is 0 Å². The molecule has 1 heterocycles. The van der Waals surface area contributed by atoms with Crippen molar-refractivity contribution in [2.45, 2.75) is 63.5 Å². The molecule has 1 aromatic heterocycles. The lowest BCUT2D eigenvalue weighted by Crippen LogP contribution is -2.32. The Hall–Kier alpha value is -0.390. The number of hydrogen-bond acceptors (Lipinski definition) is 3. The first-order valence-corrected chi connectivity index (χ1v) is 9.90. The molecule has 0 saturated carbocycles. The van der Waals surface area contributed by atoms with Crippen molar-refractivity contribution in [3.05, 3.63) is 17.0 Å². The van der Waals surface area contributed by atoms with Gasteiger partial charge in [0.25, 0.3) is 10.0 Å². The molecule has 0 bridgehead atoms. The number of aryl methyl sites for hydroxylation is 1. The van der Waals surface area contributed by atoms with Gasteiger partial charge in [-0.15, -0.1) is 11.3 Å². The van der Waals surface area contributed by atoms with Crippen molar-refractivity contribution in [2.24, 2.45) is 0 Å². The molecule has 0 spiro atoms. The van der Waals surface area contributed by atoms with Gasteiger partial charge >= 0.3 is 0 Å². The van der Waals surface area contributed by atoms with Crippen LogP contribution in [-0.2, 0) is 10.0 Å². The van der Waals surface area contributed by atoms with Crippen LogP contribution in [0.4, 0.5) is 0 Å². The van der Waals surface area contributed by atoms with Crippen LogP contribution >= 0.6 is 11.3 Å². The third-order valence-corrected chi connectivity index (χ3v) is 6.94. The van der Waals surface area contributed by atoms with Crippen LogP contribution in [0.3, 0.4) is 0 Å². The van der Waals surface area contributed by atoms with Gasteiger partial charge in [0.15, 0.2) is 0 Å². The van der Waals surface area contributed by atoms with Gasteiger partial charge in [-0.05, 0) is 36.8 Å². The lowest BCUT2D eigenvalue weighted by atomic mass is 10.1. The normalized spacial score (nSPS) is 12.2. The summed E-state index contributed by atoms with van der Waals surface area (Å²) in [4.78, 5) is 0. The fraction of sp³-hybridized carbons (Fsp3) is 0.733. The van der Waals surface area contributed by atoms with E-state index in [1.807, 2.05) is 25.3 Å².